The summed E-state index contributed by atoms with van der Waals surface area (Å²) in [5.74, 6) is 2.83. The Morgan fingerprint density at radius 2 is 2.24 bits per heavy atom. The Morgan fingerprint density at radius 3 is 2.94 bits per heavy atom. The van der Waals surface area contributed by atoms with Gasteiger partial charge in [0.05, 0.1) is 6.54 Å². The first-order valence-electron chi connectivity index (χ1n) is 6.49. The van der Waals surface area contributed by atoms with Crippen LogP contribution in [0, 0.1) is 18.8 Å². The van der Waals surface area contributed by atoms with Crippen molar-refractivity contribution in [2.45, 2.75) is 38.8 Å². The molecule has 0 spiro atoms. The van der Waals surface area contributed by atoms with E-state index >= 15 is 0 Å². The summed E-state index contributed by atoms with van der Waals surface area (Å²) in [4.78, 5) is 2.41. The van der Waals surface area contributed by atoms with Gasteiger partial charge in [0.2, 0.25) is 11.8 Å². The number of aromatic nitrogens is 2. The Bertz CT molecular complexity index is 392. The molecular formula is C12H20N4O. The van der Waals surface area contributed by atoms with Crippen molar-refractivity contribution in [3.63, 3.8) is 0 Å². The summed E-state index contributed by atoms with van der Waals surface area (Å²) in [6, 6.07) is 0.392. The molecule has 2 N–H and O–H groups in total. The number of nitrogens with zero attached hydrogens (tertiary/aromatic N) is 3. The number of hydrogen-bond acceptors (Lipinski definition) is 5. The molecule has 0 bridgehead atoms. The highest BCUT2D eigenvalue weighted by Gasteiger charge is 2.38. The van der Waals surface area contributed by atoms with Gasteiger partial charge >= 0.3 is 0 Å². The first-order chi connectivity index (χ1) is 8.22. The van der Waals surface area contributed by atoms with Crippen LogP contribution in [0.3, 0.4) is 0 Å². The van der Waals surface area contributed by atoms with Crippen LogP contribution in [-0.2, 0) is 6.54 Å². The Labute approximate surface area is 101 Å². The van der Waals surface area contributed by atoms with E-state index in [0.717, 1.165) is 31.4 Å². The lowest BCUT2D eigenvalue weighted by molar-refractivity contribution is 0.257. The van der Waals surface area contributed by atoms with Crippen molar-refractivity contribution in [3.8, 4) is 0 Å². The number of likely N-dealkylation sites (tertiary alicyclic amines) is 1. The van der Waals surface area contributed by atoms with Crippen LogP contribution in [0.4, 0.5) is 0 Å². The molecule has 1 aromatic heterocycles. The minimum Gasteiger partial charge on any atom is -0.424 e. The minimum absolute atomic E-state index is 0.392. The Hall–Kier alpha value is -0.940. The number of hydrogen-bond donors (Lipinski definition) is 1. The number of aryl methyl sites for hydroxylation is 1. The van der Waals surface area contributed by atoms with Crippen LogP contribution in [0.25, 0.3) is 0 Å². The van der Waals surface area contributed by atoms with Gasteiger partial charge in [-0.15, -0.1) is 10.2 Å². The molecule has 1 saturated carbocycles. The van der Waals surface area contributed by atoms with E-state index < -0.39 is 0 Å². The molecule has 0 aromatic carbocycles. The summed E-state index contributed by atoms with van der Waals surface area (Å²) < 4.78 is 5.43. The standard InChI is InChI=1S/C12H20N4O/c1-8-14-15-12(17-8)7-16-5-9-3-2-4-11(13)10(9)6-16/h9-11H,2-7,13H2,1H3. The van der Waals surface area contributed by atoms with Gasteiger partial charge in [0.15, 0.2) is 0 Å². The molecule has 5 heteroatoms. The zero-order chi connectivity index (χ0) is 11.8. The van der Waals surface area contributed by atoms with E-state index in [1.165, 1.54) is 19.3 Å². The molecule has 3 unspecified atom stereocenters. The molecule has 5 nitrogen and oxygen atoms in total. The molecule has 1 aromatic rings. The van der Waals surface area contributed by atoms with Crippen molar-refractivity contribution in [3.05, 3.63) is 11.8 Å². The first kappa shape index (κ1) is 11.2. The van der Waals surface area contributed by atoms with E-state index in [4.69, 9.17) is 10.2 Å². The summed E-state index contributed by atoms with van der Waals surface area (Å²) in [5.41, 5.74) is 6.20. The fourth-order valence-corrected chi connectivity index (χ4v) is 3.33. The lowest BCUT2D eigenvalue weighted by atomic mass is 9.78. The van der Waals surface area contributed by atoms with Crippen molar-refractivity contribution in [1.82, 2.24) is 15.1 Å². The van der Waals surface area contributed by atoms with Gasteiger partial charge < -0.3 is 10.2 Å². The summed E-state index contributed by atoms with van der Waals surface area (Å²) in [6.07, 6.45) is 3.81. The smallest absolute Gasteiger partial charge is 0.230 e. The van der Waals surface area contributed by atoms with Gasteiger partial charge in [0.1, 0.15) is 0 Å². The average molecular weight is 236 g/mol. The van der Waals surface area contributed by atoms with Crippen molar-refractivity contribution < 1.29 is 4.42 Å². The summed E-state index contributed by atoms with van der Waals surface area (Å²) in [5, 5.41) is 7.92. The molecular weight excluding hydrogens is 216 g/mol. The highest BCUT2D eigenvalue weighted by atomic mass is 16.4. The zero-order valence-corrected chi connectivity index (χ0v) is 10.3. The predicted octanol–water partition coefficient (Wildman–Crippen LogP) is 0.937. The molecule has 2 fully saturated rings. The quantitative estimate of drug-likeness (QED) is 0.827. The molecule has 0 amide bonds. The molecule has 94 valence electrons. The largest absolute Gasteiger partial charge is 0.424 e. The van der Waals surface area contributed by atoms with E-state index in [-0.39, 0.29) is 0 Å². The Balaban J connectivity index is 1.63. The van der Waals surface area contributed by atoms with Crippen LogP contribution >= 0.6 is 0 Å². The summed E-state index contributed by atoms with van der Waals surface area (Å²) in [6.45, 7) is 4.84. The van der Waals surface area contributed by atoms with Crippen molar-refractivity contribution in [2.24, 2.45) is 17.6 Å². The van der Waals surface area contributed by atoms with Crippen LogP contribution in [0.1, 0.15) is 31.0 Å². The number of fused-ring (bicyclic) bond motifs is 1. The van der Waals surface area contributed by atoms with E-state index in [9.17, 15) is 0 Å². The third-order valence-electron chi connectivity index (χ3n) is 4.16. The minimum atomic E-state index is 0.392. The molecule has 2 heterocycles. The van der Waals surface area contributed by atoms with Gasteiger partial charge in [-0.1, -0.05) is 6.42 Å². The van der Waals surface area contributed by atoms with Gasteiger partial charge in [-0.05, 0) is 24.7 Å². The SMILES string of the molecule is Cc1nnc(CN2CC3CCCC(N)C3C2)o1. The summed E-state index contributed by atoms with van der Waals surface area (Å²) in [7, 11) is 0. The molecule has 1 saturated heterocycles. The van der Waals surface area contributed by atoms with E-state index in [1.54, 1.807) is 0 Å². The lowest BCUT2D eigenvalue weighted by Gasteiger charge is -2.29. The second kappa shape index (κ2) is 4.38. The third-order valence-corrected chi connectivity index (χ3v) is 4.16. The fourth-order valence-electron chi connectivity index (χ4n) is 3.33. The van der Waals surface area contributed by atoms with E-state index in [2.05, 4.69) is 15.1 Å². The topological polar surface area (TPSA) is 68.2 Å². The van der Waals surface area contributed by atoms with Crippen LogP contribution in [0.5, 0.6) is 0 Å². The molecule has 3 rings (SSSR count). The Kier molecular flexibility index (Phi) is 2.88. The van der Waals surface area contributed by atoms with Crippen LogP contribution in [0.2, 0.25) is 0 Å². The number of nitrogens with two attached hydrogens (primary N) is 1. The van der Waals surface area contributed by atoms with Gasteiger partial charge in [-0.2, -0.15) is 0 Å². The average Bonchev–Trinajstić information content (AvgIpc) is 2.86. The van der Waals surface area contributed by atoms with Gasteiger partial charge in [0, 0.05) is 26.1 Å². The second-order valence-corrected chi connectivity index (χ2v) is 5.43. The Morgan fingerprint density at radius 1 is 1.35 bits per heavy atom. The molecule has 2 aliphatic rings. The maximum Gasteiger partial charge on any atom is 0.230 e. The zero-order valence-electron chi connectivity index (χ0n) is 10.3. The highest BCUT2D eigenvalue weighted by molar-refractivity contribution is 4.94. The van der Waals surface area contributed by atoms with Crippen molar-refractivity contribution >= 4 is 0 Å². The summed E-state index contributed by atoms with van der Waals surface area (Å²) >= 11 is 0. The van der Waals surface area contributed by atoms with Crippen LogP contribution < -0.4 is 5.73 Å². The molecule has 0 radical (unpaired) electrons. The molecule has 1 aliphatic carbocycles. The monoisotopic (exact) mass is 236 g/mol. The maximum absolute atomic E-state index is 6.20. The molecule has 17 heavy (non-hydrogen) atoms. The second-order valence-electron chi connectivity index (χ2n) is 5.43. The van der Waals surface area contributed by atoms with Crippen molar-refractivity contribution in [1.29, 1.82) is 0 Å². The van der Waals surface area contributed by atoms with E-state index in [0.29, 0.717) is 17.9 Å². The third kappa shape index (κ3) is 2.21. The fraction of sp³-hybridized carbons (Fsp3) is 0.833. The van der Waals surface area contributed by atoms with Gasteiger partial charge in [0.25, 0.3) is 0 Å². The van der Waals surface area contributed by atoms with Crippen molar-refractivity contribution in [2.75, 3.05) is 13.1 Å². The maximum atomic E-state index is 6.20. The lowest BCUT2D eigenvalue weighted by Crippen LogP contribution is -2.38. The molecule has 1 aliphatic heterocycles. The highest BCUT2D eigenvalue weighted by Crippen LogP contribution is 2.35. The van der Waals surface area contributed by atoms with Crippen LogP contribution in [0.15, 0.2) is 4.42 Å². The van der Waals surface area contributed by atoms with Gasteiger partial charge in [-0.3, -0.25) is 4.90 Å². The van der Waals surface area contributed by atoms with Gasteiger partial charge in [-0.25, -0.2) is 0 Å². The molecule has 3 atom stereocenters. The van der Waals surface area contributed by atoms with Crippen LogP contribution in [-0.4, -0.2) is 34.2 Å². The predicted molar refractivity (Wildman–Crippen MR) is 63.1 cm³/mol. The van der Waals surface area contributed by atoms with E-state index in [1.807, 2.05) is 6.92 Å². The number of rotatable bonds is 2. The first-order valence-corrected chi connectivity index (χ1v) is 6.49. The normalized spacial score (nSPS) is 33.9.